The maximum Gasteiger partial charge on any atom is 0.186 e. The van der Waals surface area contributed by atoms with Crippen LogP contribution >= 0.6 is 0 Å². The van der Waals surface area contributed by atoms with Crippen molar-refractivity contribution in [3.63, 3.8) is 0 Å². The summed E-state index contributed by atoms with van der Waals surface area (Å²) in [5.41, 5.74) is 1.13. The second-order valence-corrected chi connectivity index (χ2v) is 8.89. The third-order valence-electron chi connectivity index (χ3n) is 5.86. The Hall–Kier alpha value is -3.38. The third kappa shape index (κ3) is 10.0. The van der Waals surface area contributed by atoms with Gasteiger partial charge < -0.3 is 49.6 Å². The molecule has 1 aliphatic rings. The minimum Gasteiger partial charge on any atom is -0.508 e. The number of phenols is 2. The fourth-order valence-corrected chi connectivity index (χ4v) is 3.62. The zero-order chi connectivity index (χ0) is 28.0. The summed E-state index contributed by atoms with van der Waals surface area (Å²) >= 11 is 0. The van der Waals surface area contributed by atoms with Crippen LogP contribution in [0, 0.1) is 0 Å². The molecule has 1 aliphatic heterocycles. The lowest BCUT2D eigenvalue weighted by Crippen LogP contribution is -2.59. The molecule has 0 aromatic heterocycles. The summed E-state index contributed by atoms with van der Waals surface area (Å²) in [7, 11) is 0. The second-order valence-electron chi connectivity index (χ2n) is 8.89. The second kappa shape index (κ2) is 15.9. The fraction of sp³-hybridized carbons (Fsp3) is 0.379. The number of rotatable bonds is 11. The van der Waals surface area contributed by atoms with Gasteiger partial charge in [0.25, 0.3) is 0 Å². The lowest BCUT2D eigenvalue weighted by molar-refractivity contribution is -0.301. The lowest BCUT2D eigenvalue weighted by atomic mass is 9.99. The summed E-state index contributed by atoms with van der Waals surface area (Å²) in [6.45, 7) is 0.793. The standard InChI is InChI=1S/C16H24O8.C13H12O2/c17-9-12-13(19)14(20)15(21)16(24-12)23-8-2-1-7-22-11-5-3-10(18)4-6-11;14-12-6-8-13(9-7-12)15-10-11-4-2-1-3-5-11/h3-6,12-21H,1-2,7-9H2;1-9,14H,10H2/t12-,13-,14+,15-,16-;/m1./s1. The van der Waals surface area contributed by atoms with Crippen LogP contribution in [-0.2, 0) is 16.1 Å². The summed E-state index contributed by atoms with van der Waals surface area (Å²) in [4.78, 5) is 0. The Labute approximate surface area is 227 Å². The first-order valence-corrected chi connectivity index (χ1v) is 12.7. The van der Waals surface area contributed by atoms with E-state index >= 15 is 0 Å². The van der Waals surface area contributed by atoms with Crippen molar-refractivity contribution < 1.29 is 49.6 Å². The molecule has 6 N–H and O–H groups in total. The molecular weight excluding hydrogens is 508 g/mol. The van der Waals surface area contributed by atoms with Gasteiger partial charge in [-0.25, -0.2) is 0 Å². The molecule has 5 atom stereocenters. The average molecular weight is 545 g/mol. The molecule has 1 heterocycles. The largest absolute Gasteiger partial charge is 0.508 e. The van der Waals surface area contributed by atoms with Gasteiger partial charge in [0.05, 0.1) is 13.2 Å². The smallest absolute Gasteiger partial charge is 0.186 e. The molecule has 0 radical (unpaired) electrons. The van der Waals surface area contributed by atoms with Crippen LogP contribution in [0.3, 0.4) is 0 Å². The lowest BCUT2D eigenvalue weighted by Gasteiger charge is -2.39. The van der Waals surface area contributed by atoms with Gasteiger partial charge in [0.15, 0.2) is 6.29 Å². The van der Waals surface area contributed by atoms with Gasteiger partial charge in [0.2, 0.25) is 0 Å². The molecule has 3 aromatic carbocycles. The summed E-state index contributed by atoms with van der Waals surface area (Å²) < 4.78 is 21.6. The highest BCUT2D eigenvalue weighted by molar-refractivity contribution is 5.31. The molecule has 39 heavy (non-hydrogen) atoms. The van der Waals surface area contributed by atoms with Gasteiger partial charge in [-0.3, -0.25) is 0 Å². The molecule has 0 aliphatic carbocycles. The van der Waals surface area contributed by atoms with E-state index in [0.717, 1.165) is 11.3 Å². The molecule has 3 aromatic rings. The Balaban J connectivity index is 0.000000239. The SMILES string of the molecule is OC[C@H]1O[C@@H](OCCCCOc2ccc(O)cc2)[C@H](O)[C@@H](O)[C@@H]1O.Oc1ccc(OCc2ccccc2)cc1. The first-order chi connectivity index (χ1) is 18.9. The molecule has 10 heteroatoms. The Morgan fingerprint density at radius 3 is 1.79 bits per heavy atom. The molecular formula is C29H36O10. The number of benzene rings is 3. The van der Waals surface area contributed by atoms with Crippen LogP contribution in [0.5, 0.6) is 23.0 Å². The maximum absolute atomic E-state index is 9.81. The zero-order valence-corrected chi connectivity index (χ0v) is 21.5. The summed E-state index contributed by atoms with van der Waals surface area (Å²) in [6, 6.07) is 23.1. The fourth-order valence-electron chi connectivity index (χ4n) is 3.62. The Morgan fingerprint density at radius 1 is 0.641 bits per heavy atom. The molecule has 0 spiro atoms. The van der Waals surface area contributed by atoms with Crippen LogP contribution in [0.2, 0.25) is 0 Å². The highest BCUT2D eigenvalue weighted by atomic mass is 16.7. The average Bonchev–Trinajstić information content (AvgIpc) is 2.96. The van der Waals surface area contributed by atoms with E-state index in [1.54, 1.807) is 36.4 Å². The highest BCUT2D eigenvalue weighted by Crippen LogP contribution is 2.22. The topological polar surface area (TPSA) is 158 Å². The van der Waals surface area contributed by atoms with Gasteiger partial charge in [-0.05, 0) is 66.9 Å². The number of ether oxygens (including phenoxy) is 4. The molecule has 1 fully saturated rings. The molecule has 0 bridgehead atoms. The Bertz CT molecular complexity index is 1060. The van der Waals surface area contributed by atoms with Gasteiger partial charge >= 0.3 is 0 Å². The van der Waals surface area contributed by atoms with Crippen molar-refractivity contribution in [1.82, 2.24) is 0 Å². The number of phenolic OH excluding ortho intramolecular Hbond substituents is 2. The summed E-state index contributed by atoms with van der Waals surface area (Å²) in [5, 5.41) is 56.4. The number of aliphatic hydroxyl groups is 4. The third-order valence-corrected chi connectivity index (χ3v) is 5.86. The van der Waals surface area contributed by atoms with Crippen LogP contribution in [0.4, 0.5) is 0 Å². The Morgan fingerprint density at radius 2 is 1.21 bits per heavy atom. The molecule has 10 nitrogen and oxygen atoms in total. The van der Waals surface area contributed by atoms with Crippen molar-refractivity contribution in [2.75, 3.05) is 19.8 Å². The van der Waals surface area contributed by atoms with Gasteiger partial charge in [-0.15, -0.1) is 0 Å². The van der Waals surface area contributed by atoms with E-state index in [2.05, 4.69) is 0 Å². The van der Waals surface area contributed by atoms with Crippen molar-refractivity contribution in [2.24, 2.45) is 0 Å². The van der Waals surface area contributed by atoms with Crippen molar-refractivity contribution in [3.05, 3.63) is 84.4 Å². The van der Waals surface area contributed by atoms with Crippen LogP contribution in [0.1, 0.15) is 18.4 Å². The number of aromatic hydroxyl groups is 2. The van der Waals surface area contributed by atoms with E-state index in [9.17, 15) is 15.3 Å². The first-order valence-electron chi connectivity index (χ1n) is 12.7. The highest BCUT2D eigenvalue weighted by Gasteiger charge is 2.43. The van der Waals surface area contributed by atoms with Crippen molar-refractivity contribution in [1.29, 1.82) is 0 Å². The zero-order valence-electron chi connectivity index (χ0n) is 21.5. The van der Waals surface area contributed by atoms with Crippen LogP contribution in [-0.4, -0.2) is 81.2 Å². The first kappa shape index (κ1) is 30.2. The molecule has 1 saturated heterocycles. The predicted molar refractivity (Wildman–Crippen MR) is 141 cm³/mol. The molecule has 212 valence electrons. The molecule has 4 rings (SSSR count). The summed E-state index contributed by atoms with van der Waals surface area (Å²) in [6.07, 6.45) is -4.94. The number of unbranched alkanes of at least 4 members (excludes halogenated alkanes) is 1. The van der Waals surface area contributed by atoms with Gasteiger partial charge in [0, 0.05) is 6.61 Å². The van der Waals surface area contributed by atoms with Crippen LogP contribution in [0.15, 0.2) is 78.9 Å². The molecule has 0 saturated carbocycles. The minimum absolute atomic E-state index is 0.176. The predicted octanol–water partition coefficient (Wildman–Crippen LogP) is 2.34. The van der Waals surface area contributed by atoms with E-state index in [1.165, 1.54) is 12.1 Å². The Kier molecular flexibility index (Phi) is 12.3. The van der Waals surface area contributed by atoms with E-state index in [0.29, 0.717) is 31.8 Å². The number of hydrogen-bond acceptors (Lipinski definition) is 10. The van der Waals surface area contributed by atoms with Crippen LogP contribution in [0.25, 0.3) is 0 Å². The normalized spacial score (nSPS) is 22.4. The van der Waals surface area contributed by atoms with Crippen molar-refractivity contribution in [2.45, 2.75) is 50.2 Å². The maximum atomic E-state index is 9.81. The molecule has 0 unspecified atom stereocenters. The van der Waals surface area contributed by atoms with Crippen molar-refractivity contribution >= 4 is 0 Å². The summed E-state index contributed by atoms with van der Waals surface area (Å²) in [5.74, 6) is 1.84. The quantitative estimate of drug-likeness (QED) is 0.198. The van der Waals surface area contributed by atoms with E-state index in [-0.39, 0.29) is 18.1 Å². The van der Waals surface area contributed by atoms with Crippen molar-refractivity contribution in [3.8, 4) is 23.0 Å². The van der Waals surface area contributed by atoms with Gasteiger partial charge in [-0.2, -0.15) is 0 Å². The van der Waals surface area contributed by atoms with Gasteiger partial charge in [0.1, 0.15) is 54.0 Å². The van der Waals surface area contributed by atoms with Crippen LogP contribution < -0.4 is 9.47 Å². The monoisotopic (exact) mass is 544 g/mol. The minimum atomic E-state index is -1.43. The number of hydrogen-bond donors (Lipinski definition) is 6. The van der Waals surface area contributed by atoms with E-state index in [4.69, 9.17) is 34.3 Å². The van der Waals surface area contributed by atoms with E-state index in [1.807, 2.05) is 30.3 Å². The number of aliphatic hydroxyl groups excluding tert-OH is 4. The van der Waals surface area contributed by atoms with Gasteiger partial charge in [-0.1, -0.05) is 30.3 Å². The molecule has 0 amide bonds. The van der Waals surface area contributed by atoms with E-state index < -0.39 is 37.3 Å².